The third-order valence-electron chi connectivity index (χ3n) is 2.36. The summed E-state index contributed by atoms with van der Waals surface area (Å²) in [6, 6.07) is 3.93. The van der Waals surface area contributed by atoms with Gasteiger partial charge in [0.2, 0.25) is 0 Å². The van der Waals surface area contributed by atoms with Gasteiger partial charge in [0.05, 0.1) is 13.0 Å². The SMILES string of the molecule is COC(=O)[C@@H](C)CN(C)Cc1cccnc1. The van der Waals surface area contributed by atoms with Crippen molar-refractivity contribution in [2.75, 3.05) is 20.7 Å². The highest BCUT2D eigenvalue weighted by Gasteiger charge is 2.15. The second-order valence-electron chi connectivity index (χ2n) is 3.98. The van der Waals surface area contributed by atoms with E-state index in [1.807, 2.05) is 32.3 Å². The van der Waals surface area contributed by atoms with Gasteiger partial charge in [-0.15, -0.1) is 0 Å². The third-order valence-corrected chi connectivity index (χ3v) is 2.36. The van der Waals surface area contributed by atoms with Crippen LogP contribution in [0.2, 0.25) is 0 Å². The highest BCUT2D eigenvalue weighted by Crippen LogP contribution is 2.05. The van der Waals surface area contributed by atoms with Crippen LogP contribution in [0.3, 0.4) is 0 Å². The van der Waals surface area contributed by atoms with Crippen molar-refractivity contribution in [2.45, 2.75) is 13.5 Å². The fraction of sp³-hybridized carbons (Fsp3) is 0.500. The Hall–Kier alpha value is -1.42. The summed E-state index contributed by atoms with van der Waals surface area (Å²) in [5.74, 6) is -0.273. The molecule has 1 aromatic heterocycles. The molecule has 1 heterocycles. The zero-order chi connectivity index (χ0) is 12.0. The molecule has 0 unspecified atom stereocenters. The molecule has 0 aliphatic carbocycles. The molecule has 0 fully saturated rings. The molecule has 88 valence electrons. The Morgan fingerprint density at radius 3 is 2.94 bits per heavy atom. The molecule has 16 heavy (non-hydrogen) atoms. The first kappa shape index (κ1) is 12.6. The Kier molecular flexibility index (Phi) is 4.92. The number of aromatic nitrogens is 1. The lowest BCUT2D eigenvalue weighted by Gasteiger charge is -2.19. The number of ether oxygens (including phenoxy) is 1. The molecule has 0 amide bonds. The number of esters is 1. The van der Waals surface area contributed by atoms with Crippen molar-refractivity contribution in [3.05, 3.63) is 30.1 Å². The molecule has 0 saturated carbocycles. The average Bonchev–Trinajstić information content (AvgIpc) is 2.29. The quantitative estimate of drug-likeness (QED) is 0.705. The topological polar surface area (TPSA) is 42.4 Å². The van der Waals surface area contributed by atoms with Crippen molar-refractivity contribution in [2.24, 2.45) is 5.92 Å². The lowest BCUT2D eigenvalue weighted by molar-refractivity contribution is -0.145. The fourth-order valence-corrected chi connectivity index (χ4v) is 1.61. The van der Waals surface area contributed by atoms with Gasteiger partial charge in [-0.3, -0.25) is 9.78 Å². The van der Waals surface area contributed by atoms with Crippen LogP contribution in [0, 0.1) is 5.92 Å². The first-order valence-electron chi connectivity index (χ1n) is 5.28. The van der Waals surface area contributed by atoms with Gasteiger partial charge in [-0.1, -0.05) is 13.0 Å². The van der Waals surface area contributed by atoms with Crippen molar-refractivity contribution >= 4 is 5.97 Å². The lowest BCUT2D eigenvalue weighted by atomic mass is 10.1. The third kappa shape index (κ3) is 3.98. The van der Waals surface area contributed by atoms with E-state index in [0.29, 0.717) is 6.54 Å². The lowest BCUT2D eigenvalue weighted by Crippen LogP contribution is -2.29. The summed E-state index contributed by atoms with van der Waals surface area (Å²) in [7, 11) is 3.40. The number of nitrogens with zero attached hydrogens (tertiary/aromatic N) is 2. The average molecular weight is 222 g/mol. The van der Waals surface area contributed by atoms with E-state index in [4.69, 9.17) is 0 Å². The Bertz CT molecular complexity index is 327. The number of carbonyl (C=O) groups is 1. The molecule has 1 atom stereocenters. The minimum Gasteiger partial charge on any atom is -0.469 e. The standard InChI is InChI=1S/C12H18N2O2/c1-10(12(15)16-3)8-14(2)9-11-5-4-6-13-7-11/h4-7,10H,8-9H2,1-3H3/t10-/m0/s1. The molecular weight excluding hydrogens is 204 g/mol. The van der Waals surface area contributed by atoms with Crippen molar-refractivity contribution in [3.63, 3.8) is 0 Å². The van der Waals surface area contributed by atoms with Crippen LogP contribution in [-0.4, -0.2) is 36.6 Å². The van der Waals surface area contributed by atoms with Crippen LogP contribution >= 0.6 is 0 Å². The molecule has 0 N–H and O–H groups in total. The highest BCUT2D eigenvalue weighted by molar-refractivity contribution is 5.72. The number of hydrogen-bond acceptors (Lipinski definition) is 4. The molecule has 4 nitrogen and oxygen atoms in total. The predicted molar refractivity (Wildman–Crippen MR) is 61.8 cm³/mol. The van der Waals surface area contributed by atoms with Crippen LogP contribution in [-0.2, 0) is 16.1 Å². The molecule has 0 saturated heterocycles. The summed E-state index contributed by atoms with van der Waals surface area (Å²) in [5.41, 5.74) is 1.14. The van der Waals surface area contributed by atoms with E-state index in [-0.39, 0.29) is 11.9 Å². The summed E-state index contributed by atoms with van der Waals surface area (Å²) >= 11 is 0. The van der Waals surface area contributed by atoms with E-state index in [2.05, 4.69) is 14.6 Å². The summed E-state index contributed by atoms with van der Waals surface area (Å²) in [4.78, 5) is 17.4. The van der Waals surface area contributed by atoms with Crippen LogP contribution in [0.4, 0.5) is 0 Å². The monoisotopic (exact) mass is 222 g/mol. The maximum absolute atomic E-state index is 11.2. The van der Waals surface area contributed by atoms with Crippen LogP contribution in [0.25, 0.3) is 0 Å². The van der Waals surface area contributed by atoms with E-state index >= 15 is 0 Å². The van der Waals surface area contributed by atoms with Gasteiger partial charge in [-0.05, 0) is 18.7 Å². The van der Waals surface area contributed by atoms with Gasteiger partial charge in [0.1, 0.15) is 0 Å². The second-order valence-corrected chi connectivity index (χ2v) is 3.98. The maximum atomic E-state index is 11.2. The second kappa shape index (κ2) is 6.23. The molecule has 0 bridgehead atoms. The summed E-state index contributed by atoms with van der Waals surface area (Å²) in [5, 5.41) is 0. The van der Waals surface area contributed by atoms with Crippen molar-refractivity contribution in [1.29, 1.82) is 0 Å². The van der Waals surface area contributed by atoms with Crippen LogP contribution < -0.4 is 0 Å². The largest absolute Gasteiger partial charge is 0.469 e. The van der Waals surface area contributed by atoms with Gasteiger partial charge in [-0.25, -0.2) is 0 Å². The van der Waals surface area contributed by atoms with E-state index < -0.39 is 0 Å². The minimum absolute atomic E-state index is 0.105. The highest BCUT2D eigenvalue weighted by atomic mass is 16.5. The molecule has 0 spiro atoms. The summed E-state index contributed by atoms with van der Waals surface area (Å²) in [6.07, 6.45) is 3.58. The van der Waals surface area contributed by atoms with E-state index in [9.17, 15) is 4.79 Å². The number of pyridine rings is 1. The van der Waals surface area contributed by atoms with Crippen molar-refractivity contribution < 1.29 is 9.53 Å². The summed E-state index contributed by atoms with van der Waals surface area (Å²) < 4.78 is 4.69. The molecule has 0 radical (unpaired) electrons. The zero-order valence-electron chi connectivity index (χ0n) is 10.0. The Labute approximate surface area is 96.2 Å². The Morgan fingerprint density at radius 2 is 2.38 bits per heavy atom. The van der Waals surface area contributed by atoms with Crippen LogP contribution in [0.15, 0.2) is 24.5 Å². The molecule has 4 heteroatoms. The van der Waals surface area contributed by atoms with Crippen LogP contribution in [0.5, 0.6) is 0 Å². The van der Waals surface area contributed by atoms with Gasteiger partial charge in [0.25, 0.3) is 0 Å². The number of methoxy groups -OCH3 is 1. The maximum Gasteiger partial charge on any atom is 0.309 e. The van der Waals surface area contributed by atoms with Gasteiger partial charge in [0, 0.05) is 25.5 Å². The minimum atomic E-state index is -0.168. The molecular formula is C12H18N2O2. The smallest absolute Gasteiger partial charge is 0.309 e. The van der Waals surface area contributed by atoms with Gasteiger partial charge in [-0.2, -0.15) is 0 Å². The molecule has 0 aromatic carbocycles. The normalized spacial score (nSPS) is 12.5. The number of rotatable bonds is 5. The van der Waals surface area contributed by atoms with E-state index in [0.717, 1.165) is 12.1 Å². The van der Waals surface area contributed by atoms with Crippen molar-refractivity contribution in [3.8, 4) is 0 Å². The molecule has 1 aromatic rings. The van der Waals surface area contributed by atoms with Crippen molar-refractivity contribution in [1.82, 2.24) is 9.88 Å². The zero-order valence-corrected chi connectivity index (χ0v) is 10.0. The Balaban J connectivity index is 2.42. The molecule has 1 rings (SSSR count). The predicted octanol–water partition coefficient (Wildman–Crippen LogP) is 1.32. The summed E-state index contributed by atoms with van der Waals surface area (Å²) in [6.45, 7) is 3.34. The first-order chi connectivity index (χ1) is 7.63. The van der Waals surface area contributed by atoms with Gasteiger partial charge < -0.3 is 9.64 Å². The van der Waals surface area contributed by atoms with Gasteiger partial charge >= 0.3 is 5.97 Å². The number of hydrogen-bond donors (Lipinski definition) is 0. The first-order valence-corrected chi connectivity index (χ1v) is 5.28. The fourth-order valence-electron chi connectivity index (χ4n) is 1.61. The van der Waals surface area contributed by atoms with Gasteiger partial charge in [0.15, 0.2) is 0 Å². The number of carbonyl (C=O) groups excluding carboxylic acids is 1. The van der Waals surface area contributed by atoms with E-state index in [1.54, 1.807) is 6.20 Å². The molecule has 0 aliphatic rings. The van der Waals surface area contributed by atoms with Crippen LogP contribution in [0.1, 0.15) is 12.5 Å². The Morgan fingerprint density at radius 1 is 1.62 bits per heavy atom. The molecule has 0 aliphatic heterocycles. The van der Waals surface area contributed by atoms with E-state index in [1.165, 1.54) is 7.11 Å².